The monoisotopic (exact) mass is 395 g/mol. The van der Waals surface area contributed by atoms with E-state index in [-0.39, 0.29) is 16.3 Å². The van der Waals surface area contributed by atoms with E-state index in [2.05, 4.69) is 5.32 Å². The highest BCUT2D eigenvalue weighted by molar-refractivity contribution is 7.93. The minimum Gasteiger partial charge on any atom is -0.350 e. The fourth-order valence-electron chi connectivity index (χ4n) is 2.33. The number of halogens is 1. The second-order valence-electron chi connectivity index (χ2n) is 5.17. The third-order valence-corrected chi connectivity index (χ3v) is 8.23. The zero-order chi connectivity index (χ0) is 17.9. The molecule has 0 spiro atoms. The number of carbonyl (C=O) groups excluding carboxylic acids is 1. The van der Waals surface area contributed by atoms with E-state index < -0.39 is 26.8 Å². The Morgan fingerprint density at radius 1 is 1.04 bits per heavy atom. The number of carbonyl (C=O) groups is 1. The van der Waals surface area contributed by atoms with Crippen molar-refractivity contribution >= 4 is 38.4 Å². The lowest BCUT2D eigenvalue weighted by Crippen LogP contribution is -2.31. The first-order chi connectivity index (χ1) is 12.0. The van der Waals surface area contributed by atoms with Crippen LogP contribution in [0.2, 0.25) is 0 Å². The summed E-state index contributed by atoms with van der Waals surface area (Å²) in [6.07, 6.45) is 0. The Morgan fingerprint density at radius 3 is 2.40 bits per heavy atom. The number of thiophene rings is 2. The smallest absolute Gasteiger partial charge is 0.254 e. The molecule has 0 aliphatic rings. The topological polar surface area (TPSA) is 63.2 Å². The number of sulfone groups is 1. The van der Waals surface area contributed by atoms with Gasteiger partial charge in [0.25, 0.3) is 5.91 Å². The average Bonchev–Trinajstić information content (AvgIpc) is 3.29. The molecule has 0 saturated heterocycles. The second kappa shape index (κ2) is 7.47. The summed E-state index contributed by atoms with van der Waals surface area (Å²) in [6, 6.07) is 12.3. The van der Waals surface area contributed by atoms with Gasteiger partial charge in [0.2, 0.25) is 0 Å². The predicted octanol–water partition coefficient (Wildman–Crippen LogP) is 3.89. The van der Waals surface area contributed by atoms with Crippen molar-refractivity contribution in [3.05, 3.63) is 75.5 Å². The summed E-state index contributed by atoms with van der Waals surface area (Å²) in [5.74, 6) is -1.28. The van der Waals surface area contributed by atoms with Gasteiger partial charge in [-0.3, -0.25) is 4.79 Å². The Kier molecular flexibility index (Phi) is 5.31. The molecular weight excluding hydrogens is 381 g/mol. The summed E-state index contributed by atoms with van der Waals surface area (Å²) >= 11 is 2.44. The quantitative estimate of drug-likeness (QED) is 0.689. The van der Waals surface area contributed by atoms with E-state index in [1.165, 1.54) is 29.5 Å². The molecule has 1 amide bonds. The van der Waals surface area contributed by atoms with Gasteiger partial charge in [0.05, 0.1) is 5.56 Å². The highest BCUT2D eigenvalue weighted by atomic mass is 32.2. The summed E-state index contributed by atoms with van der Waals surface area (Å²) < 4.78 is 39.8. The summed E-state index contributed by atoms with van der Waals surface area (Å²) in [5.41, 5.74) is -0.110. The Bertz CT molecular complexity index is 951. The van der Waals surface area contributed by atoms with Crippen LogP contribution in [-0.2, 0) is 9.84 Å². The molecule has 25 heavy (non-hydrogen) atoms. The van der Waals surface area contributed by atoms with Crippen LogP contribution in [0.5, 0.6) is 0 Å². The van der Waals surface area contributed by atoms with Gasteiger partial charge in [0.15, 0.2) is 9.84 Å². The van der Waals surface area contributed by atoms with Gasteiger partial charge in [-0.1, -0.05) is 24.3 Å². The highest BCUT2D eigenvalue weighted by Gasteiger charge is 2.31. The number of nitrogens with one attached hydrogen (secondary N) is 1. The van der Waals surface area contributed by atoms with Crippen LogP contribution in [0.4, 0.5) is 4.39 Å². The molecule has 130 valence electrons. The summed E-state index contributed by atoms with van der Waals surface area (Å²) in [4.78, 5) is 12.8. The molecule has 0 saturated carbocycles. The van der Waals surface area contributed by atoms with Crippen LogP contribution < -0.4 is 5.32 Å². The fraction of sp³-hybridized carbons (Fsp3) is 0.118. The van der Waals surface area contributed by atoms with Gasteiger partial charge in [-0.2, -0.15) is 0 Å². The molecule has 0 bridgehead atoms. The Morgan fingerprint density at radius 2 is 1.76 bits per heavy atom. The molecule has 1 aromatic carbocycles. The van der Waals surface area contributed by atoms with E-state index in [9.17, 15) is 17.6 Å². The highest BCUT2D eigenvalue weighted by Crippen LogP contribution is 2.33. The van der Waals surface area contributed by atoms with E-state index in [0.29, 0.717) is 4.88 Å². The lowest BCUT2D eigenvalue weighted by atomic mass is 10.2. The molecule has 3 rings (SSSR count). The Labute approximate surface area is 152 Å². The van der Waals surface area contributed by atoms with Gasteiger partial charge in [-0.15, -0.1) is 22.7 Å². The zero-order valence-corrected chi connectivity index (χ0v) is 15.3. The van der Waals surface area contributed by atoms with Crippen molar-refractivity contribution in [3.63, 3.8) is 0 Å². The molecule has 0 fully saturated rings. The van der Waals surface area contributed by atoms with Gasteiger partial charge in [-0.05, 0) is 35.0 Å². The van der Waals surface area contributed by atoms with Crippen LogP contribution in [0.25, 0.3) is 0 Å². The summed E-state index contributed by atoms with van der Waals surface area (Å²) in [7, 11) is -3.65. The molecule has 0 aliphatic heterocycles. The normalized spacial score (nSPS) is 12.7. The van der Waals surface area contributed by atoms with Crippen LogP contribution in [0, 0.1) is 5.82 Å². The minimum absolute atomic E-state index is 0.110. The average molecular weight is 396 g/mol. The van der Waals surface area contributed by atoms with E-state index in [1.54, 1.807) is 41.1 Å². The molecule has 0 radical (unpaired) electrons. The van der Waals surface area contributed by atoms with Crippen molar-refractivity contribution in [1.82, 2.24) is 5.32 Å². The zero-order valence-electron chi connectivity index (χ0n) is 12.9. The number of hydrogen-bond acceptors (Lipinski definition) is 5. The number of hydrogen-bond donors (Lipinski definition) is 1. The van der Waals surface area contributed by atoms with Crippen molar-refractivity contribution in [2.45, 2.75) is 9.46 Å². The van der Waals surface area contributed by atoms with Crippen LogP contribution in [0.3, 0.4) is 0 Å². The lowest BCUT2D eigenvalue weighted by molar-refractivity contribution is 0.0949. The Balaban J connectivity index is 1.85. The standard InChI is InChI=1S/C17H14FNO3S3/c18-13-6-2-1-5-12(13)17(20)19-11-15(14-7-3-9-23-14)25(21,22)16-8-4-10-24-16/h1-10,15H,11H2,(H,19,20)/t15-/m0/s1. The number of amides is 1. The van der Waals surface area contributed by atoms with Crippen LogP contribution in [0.1, 0.15) is 20.5 Å². The van der Waals surface area contributed by atoms with E-state index in [4.69, 9.17) is 0 Å². The van der Waals surface area contributed by atoms with Crippen molar-refractivity contribution in [2.75, 3.05) is 6.54 Å². The van der Waals surface area contributed by atoms with Gasteiger partial charge in [-0.25, -0.2) is 12.8 Å². The van der Waals surface area contributed by atoms with Crippen molar-refractivity contribution in [2.24, 2.45) is 0 Å². The van der Waals surface area contributed by atoms with Crippen LogP contribution in [-0.4, -0.2) is 20.9 Å². The molecule has 2 heterocycles. The molecular formula is C17H14FNO3S3. The van der Waals surface area contributed by atoms with Gasteiger partial charge >= 0.3 is 0 Å². The van der Waals surface area contributed by atoms with Gasteiger partial charge < -0.3 is 5.32 Å². The van der Waals surface area contributed by atoms with Crippen molar-refractivity contribution in [3.8, 4) is 0 Å². The third-order valence-electron chi connectivity index (χ3n) is 3.58. The molecule has 4 nitrogen and oxygen atoms in total. The predicted molar refractivity (Wildman–Crippen MR) is 97.3 cm³/mol. The molecule has 3 aromatic rings. The maximum Gasteiger partial charge on any atom is 0.254 e. The first kappa shape index (κ1) is 17.8. The lowest BCUT2D eigenvalue weighted by Gasteiger charge is -2.16. The van der Waals surface area contributed by atoms with Gasteiger partial charge in [0, 0.05) is 11.4 Å². The van der Waals surface area contributed by atoms with Crippen molar-refractivity contribution < 1.29 is 17.6 Å². The van der Waals surface area contributed by atoms with E-state index in [0.717, 1.165) is 11.3 Å². The fourth-order valence-corrected chi connectivity index (χ4v) is 6.32. The van der Waals surface area contributed by atoms with Crippen LogP contribution >= 0.6 is 22.7 Å². The first-order valence-corrected chi connectivity index (χ1v) is 10.6. The molecule has 2 aromatic heterocycles. The molecule has 8 heteroatoms. The SMILES string of the molecule is O=C(NC[C@@H](c1cccs1)S(=O)(=O)c1cccs1)c1ccccc1F. The maximum absolute atomic E-state index is 13.7. The summed E-state index contributed by atoms with van der Waals surface area (Å²) in [5, 5.41) is 5.11. The molecule has 0 unspecified atom stereocenters. The van der Waals surface area contributed by atoms with Crippen molar-refractivity contribution in [1.29, 1.82) is 0 Å². The van der Waals surface area contributed by atoms with E-state index in [1.807, 2.05) is 0 Å². The third kappa shape index (κ3) is 3.81. The minimum atomic E-state index is -3.65. The molecule has 1 atom stereocenters. The number of benzene rings is 1. The van der Waals surface area contributed by atoms with Crippen LogP contribution in [0.15, 0.2) is 63.5 Å². The molecule has 1 N–H and O–H groups in total. The van der Waals surface area contributed by atoms with E-state index >= 15 is 0 Å². The number of rotatable bonds is 6. The largest absolute Gasteiger partial charge is 0.350 e. The Hall–Kier alpha value is -2.03. The second-order valence-corrected chi connectivity index (χ2v) is 9.46. The van der Waals surface area contributed by atoms with Gasteiger partial charge in [0.1, 0.15) is 15.3 Å². The maximum atomic E-state index is 13.7. The summed E-state index contributed by atoms with van der Waals surface area (Å²) in [6.45, 7) is -0.131. The molecule has 0 aliphatic carbocycles. The first-order valence-electron chi connectivity index (χ1n) is 7.33.